The number of aromatic nitrogens is 3. The molecule has 2 heterocycles. The molecule has 0 spiro atoms. The third kappa shape index (κ3) is 3.68. The van der Waals surface area contributed by atoms with E-state index in [1.165, 1.54) is 6.33 Å². The molecule has 120 valence electrons. The van der Waals surface area contributed by atoms with Gasteiger partial charge in [-0.3, -0.25) is 9.59 Å². The molecule has 1 aromatic carbocycles. The van der Waals surface area contributed by atoms with Gasteiger partial charge in [0, 0.05) is 31.0 Å². The number of hydrogen-bond donors (Lipinski definition) is 1. The Hall–Kier alpha value is -2.41. The number of carbonyl (C=O) groups is 2. The Bertz CT molecular complexity index is 717. The highest BCUT2D eigenvalue weighted by molar-refractivity contribution is 6.31. The van der Waals surface area contributed by atoms with Gasteiger partial charge in [0.2, 0.25) is 11.8 Å². The van der Waals surface area contributed by atoms with Gasteiger partial charge in [-0.1, -0.05) is 11.6 Å². The van der Waals surface area contributed by atoms with E-state index in [1.54, 1.807) is 34.1 Å². The first kappa shape index (κ1) is 15.5. The molecule has 2 aromatic rings. The summed E-state index contributed by atoms with van der Waals surface area (Å²) in [5.41, 5.74) is 1.23. The van der Waals surface area contributed by atoms with Crippen LogP contribution >= 0.6 is 11.6 Å². The fourth-order valence-corrected chi connectivity index (χ4v) is 2.70. The number of anilines is 1. The zero-order valence-electron chi connectivity index (χ0n) is 12.4. The topological polar surface area (TPSA) is 80.1 Å². The van der Waals surface area contributed by atoms with Crippen LogP contribution in [0.4, 0.5) is 5.69 Å². The molecule has 0 unspecified atom stereocenters. The van der Waals surface area contributed by atoms with Crippen LogP contribution in [0, 0.1) is 0 Å². The quantitative estimate of drug-likeness (QED) is 0.905. The monoisotopic (exact) mass is 333 g/mol. The summed E-state index contributed by atoms with van der Waals surface area (Å²) in [6, 6.07) is 5.14. The summed E-state index contributed by atoms with van der Waals surface area (Å²) < 4.78 is 1.55. The van der Waals surface area contributed by atoms with E-state index in [-0.39, 0.29) is 18.2 Å². The first-order chi connectivity index (χ1) is 11.1. The molecule has 2 amide bonds. The molecule has 0 aliphatic carbocycles. The van der Waals surface area contributed by atoms with Gasteiger partial charge in [0.1, 0.15) is 12.7 Å². The van der Waals surface area contributed by atoms with Crippen molar-refractivity contribution < 1.29 is 9.59 Å². The van der Waals surface area contributed by atoms with Crippen LogP contribution in [-0.2, 0) is 9.59 Å². The zero-order chi connectivity index (χ0) is 16.2. The van der Waals surface area contributed by atoms with Crippen molar-refractivity contribution in [2.24, 2.45) is 0 Å². The van der Waals surface area contributed by atoms with Gasteiger partial charge >= 0.3 is 0 Å². The van der Waals surface area contributed by atoms with E-state index in [2.05, 4.69) is 15.4 Å². The van der Waals surface area contributed by atoms with Gasteiger partial charge in [-0.25, -0.2) is 9.67 Å². The minimum atomic E-state index is -0.173. The van der Waals surface area contributed by atoms with Crippen molar-refractivity contribution in [1.82, 2.24) is 19.7 Å². The summed E-state index contributed by atoms with van der Waals surface area (Å²) >= 11 is 6.01. The third-order valence-electron chi connectivity index (χ3n) is 3.68. The number of halogens is 1. The summed E-state index contributed by atoms with van der Waals surface area (Å²) in [4.78, 5) is 29.3. The third-order valence-corrected chi connectivity index (χ3v) is 3.91. The van der Waals surface area contributed by atoms with Crippen molar-refractivity contribution in [3.63, 3.8) is 0 Å². The number of likely N-dealkylation sites (tertiary alicyclic amines) is 1. The minimum absolute atomic E-state index is 0.115. The second-order valence-electron chi connectivity index (χ2n) is 5.28. The molecule has 0 saturated carbocycles. The fourth-order valence-electron chi connectivity index (χ4n) is 2.53. The van der Waals surface area contributed by atoms with Crippen molar-refractivity contribution >= 4 is 29.1 Å². The molecule has 8 heteroatoms. The molecule has 1 aliphatic rings. The molecule has 0 atom stereocenters. The maximum Gasteiger partial charge on any atom is 0.226 e. The number of nitrogens with one attached hydrogen (secondary N) is 1. The Morgan fingerprint density at radius 3 is 2.96 bits per heavy atom. The molecule has 0 bridgehead atoms. The summed E-state index contributed by atoms with van der Waals surface area (Å²) in [6.45, 7) is 1.16. The number of benzene rings is 1. The summed E-state index contributed by atoms with van der Waals surface area (Å²) in [5.74, 6) is -0.0582. The second kappa shape index (κ2) is 6.78. The maximum absolute atomic E-state index is 12.2. The van der Waals surface area contributed by atoms with E-state index in [9.17, 15) is 9.59 Å². The number of hydrogen-bond acceptors (Lipinski definition) is 4. The molecule has 3 rings (SSSR count). The minimum Gasteiger partial charge on any atom is -0.342 e. The maximum atomic E-state index is 12.2. The van der Waals surface area contributed by atoms with Gasteiger partial charge in [0.15, 0.2) is 0 Å². The van der Waals surface area contributed by atoms with E-state index in [0.717, 1.165) is 13.0 Å². The molecule has 1 saturated heterocycles. The van der Waals surface area contributed by atoms with Crippen LogP contribution in [0.5, 0.6) is 0 Å². The van der Waals surface area contributed by atoms with Crippen molar-refractivity contribution in [2.75, 3.05) is 18.4 Å². The first-order valence-corrected chi connectivity index (χ1v) is 7.73. The van der Waals surface area contributed by atoms with Crippen LogP contribution in [0.1, 0.15) is 19.3 Å². The molecule has 1 aliphatic heterocycles. The smallest absolute Gasteiger partial charge is 0.226 e. The van der Waals surface area contributed by atoms with Crippen LogP contribution in [0.25, 0.3) is 5.69 Å². The van der Waals surface area contributed by atoms with Crippen LogP contribution < -0.4 is 5.32 Å². The van der Waals surface area contributed by atoms with Gasteiger partial charge in [0.25, 0.3) is 0 Å². The molecule has 23 heavy (non-hydrogen) atoms. The van der Waals surface area contributed by atoms with Gasteiger partial charge in [-0.2, -0.15) is 5.10 Å². The molecule has 1 aromatic heterocycles. The van der Waals surface area contributed by atoms with E-state index in [0.29, 0.717) is 29.4 Å². The fraction of sp³-hybridized carbons (Fsp3) is 0.333. The second-order valence-corrected chi connectivity index (χ2v) is 5.72. The average Bonchev–Trinajstić information content (AvgIpc) is 3.17. The van der Waals surface area contributed by atoms with Gasteiger partial charge in [-0.15, -0.1) is 0 Å². The largest absolute Gasteiger partial charge is 0.342 e. The predicted molar refractivity (Wildman–Crippen MR) is 85.4 cm³/mol. The lowest BCUT2D eigenvalue weighted by atomic mass is 10.2. The number of rotatable bonds is 5. The van der Waals surface area contributed by atoms with E-state index in [4.69, 9.17) is 11.6 Å². The van der Waals surface area contributed by atoms with Crippen LogP contribution in [0.15, 0.2) is 30.9 Å². The Balaban J connectivity index is 1.68. The zero-order valence-corrected chi connectivity index (χ0v) is 13.2. The SMILES string of the molecule is O=C(CCN1CCCC1=O)Nc1cc(Cl)ccc1-n1cncn1. The highest BCUT2D eigenvalue weighted by atomic mass is 35.5. The molecular weight excluding hydrogens is 318 g/mol. The highest BCUT2D eigenvalue weighted by Crippen LogP contribution is 2.24. The predicted octanol–water partition coefficient (Wildman–Crippen LogP) is 1.87. The number of amides is 2. The first-order valence-electron chi connectivity index (χ1n) is 7.35. The molecule has 7 nitrogen and oxygen atoms in total. The number of carbonyl (C=O) groups excluding carboxylic acids is 2. The summed E-state index contributed by atoms with van der Waals surface area (Å²) in [5, 5.41) is 7.40. The summed E-state index contributed by atoms with van der Waals surface area (Å²) in [6.07, 6.45) is 4.65. The van der Waals surface area contributed by atoms with Crippen LogP contribution in [0.3, 0.4) is 0 Å². The Kier molecular flexibility index (Phi) is 4.57. The lowest BCUT2D eigenvalue weighted by Crippen LogP contribution is -2.28. The van der Waals surface area contributed by atoms with Crippen LogP contribution in [0.2, 0.25) is 5.02 Å². The van der Waals surface area contributed by atoms with Crippen molar-refractivity contribution in [1.29, 1.82) is 0 Å². The Morgan fingerprint density at radius 2 is 2.26 bits per heavy atom. The van der Waals surface area contributed by atoms with Crippen molar-refractivity contribution in [3.8, 4) is 5.69 Å². The Labute approximate surface area is 138 Å². The lowest BCUT2D eigenvalue weighted by molar-refractivity contribution is -0.128. The Morgan fingerprint density at radius 1 is 1.39 bits per heavy atom. The van der Waals surface area contributed by atoms with E-state index in [1.807, 2.05) is 0 Å². The van der Waals surface area contributed by atoms with E-state index < -0.39 is 0 Å². The van der Waals surface area contributed by atoms with E-state index >= 15 is 0 Å². The molecule has 0 radical (unpaired) electrons. The molecular formula is C15H16ClN5O2. The average molecular weight is 334 g/mol. The number of nitrogens with zero attached hydrogens (tertiary/aromatic N) is 4. The molecule has 1 fully saturated rings. The van der Waals surface area contributed by atoms with Crippen molar-refractivity contribution in [3.05, 3.63) is 35.9 Å². The van der Waals surface area contributed by atoms with Gasteiger partial charge in [0.05, 0.1) is 11.4 Å². The lowest BCUT2D eigenvalue weighted by Gasteiger charge is -2.16. The highest BCUT2D eigenvalue weighted by Gasteiger charge is 2.20. The van der Waals surface area contributed by atoms with Crippen LogP contribution in [-0.4, -0.2) is 44.6 Å². The van der Waals surface area contributed by atoms with Gasteiger partial charge in [-0.05, 0) is 24.6 Å². The normalized spacial score (nSPS) is 14.3. The van der Waals surface area contributed by atoms with Gasteiger partial charge < -0.3 is 10.2 Å². The standard InChI is InChI=1S/C15H16ClN5O2/c16-11-3-4-13(21-10-17-9-18-21)12(8-11)19-14(22)5-7-20-6-1-2-15(20)23/h3-4,8-10H,1-2,5-7H2,(H,19,22). The summed E-state index contributed by atoms with van der Waals surface area (Å²) in [7, 11) is 0. The van der Waals surface area contributed by atoms with Crippen molar-refractivity contribution in [2.45, 2.75) is 19.3 Å². The molecule has 1 N–H and O–H groups in total.